The second-order valence-electron chi connectivity index (χ2n) is 7.44. The minimum absolute atomic E-state index is 0.0104. The quantitative estimate of drug-likeness (QED) is 0.575. The number of non-ortho nitro benzene ring substituents is 1. The van der Waals surface area contributed by atoms with Gasteiger partial charge in [-0.15, -0.1) is 0 Å². The Labute approximate surface area is 173 Å². The Kier molecular flexibility index (Phi) is 5.51. The summed E-state index contributed by atoms with van der Waals surface area (Å²) in [7, 11) is 0. The van der Waals surface area contributed by atoms with Gasteiger partial charge in [-0.3, -0.25) is 10.1 Å². The Hall–Kier alpha value is -3.62. The summed E-state index contributed by atoms with van der Waals surface area (Å²) >= 11 is 0. The highest BCUT2D eigenvalue weighted by Crippen LogP contribution is 2.38. The van der Waals surface area contributed by atoms with Crippen molar-refractivity contribution in [3.63, 3.8) is 0 Å². The molecule has 1 heterocycles. The van der Waals surface area contributed by atoms with Crippen LogP contribution in [0.15, 0.2) is 59.8 Å². The second kappa shape index (κ2) is 8.40. The lowest BCUT2D eigenvalue weighted by Gasteiger charge is -2.36. The van der Waals surface area contributed by atoms with E-state index in [-0.39, 0.29) is 5.69 Å². The summed E-state index contributed by atoms with van der Waals surface area (Å²) in [6.07, 6.45) is 5.56. The van der Waals surface area contributed by atoms with Gasteiger partial charge in [-0.05, 0) is 37.1 Å². The highest BCUT2D eigenvalue weighted by molar-refractivity contribution is 6.01. The van der Waals surface area contributed by atoms with Crippen LogP contribution in [-0.2, 0) is 4.84 Å². The number of nitrogens with one attached hydrogen (secondary N) is 2. The number of amides is 2. The molecular weight excluding hydrogens is 386 g/mol. The van der Waals surface area contributed by atoms with Gasteiger partial charge in [0.15, 0.2) is 5.84 Å². The summed E-state index contributed by atoms with van der Waals surface area (Å²) in [5.41, 5.74) is 3.41. The van der Waals surface area contributed by atoms with Crippen LogP contribution in [0.25, 0.3) is 0 Å². The van der Waals surface area contributed by atoms with E-state index in [1.165, 1.54) is 12.1 Å². The van der Waals surface area contributed by atoms with E-state index in [0.717, 1.165) is 38.5 Å². The monoisotopic (exact) mass is 409 g/mol. The number of nitro groups is 1. The lowest BCUT2D eigenvalue weighted by Crippen LogP contribution is -2.58. The predicted molar refractivity (Wildman–Crippen MR) is 112 cm³/mol. The molecule has 0 saturated heterocycles. The maximum atomic E-state index is 12.7. The number of hydrazine groups is 1. The van der Waals surface area contributed by atoms with Crippen LogP contribution in [0.2, 0.25) is 0 Å². The number of nitro benzene ring substituents is 1. The molecule has 9 heteroatoms. The third kappa shape index (κ3) is 4.05. The zero-order valence-electron chi connectivity index (χ0n) is 16.4. The fourth-order valence-corrected chi connectivity index (χ4v) is 3.85. The molecule has 2 aromatic rings. The van der Waals surface area contributed by atoms with Crippen molar-refractivity contribution in [1.29, 1.82) is 0 Å². The highest BCUT2D eigenvalue weighted by atomic mass is 16.7. The summed E-state index contributed by atoms with van der Waals surface area (Å²) in [6, 6.07) is 14.8. The Morgan fingerprint density at radius 3 is 2.33 bits per heavy atom. The number of hydrogen-bond acceptors (Lipinski definition) is 6. The van der Waals surface area contributed by atoms with E-state index in [9.17, 15) is 14.9 Å². The summed E-state index contributed by atoms with van der Waals surface area (Å²) in [5, 5.41) is 19.7. The first-order valence-corrected chi connectivity index (χ1v) is 10.0. The van der Waals surface area contributed by atoms with Gasteiger partial charge in [-0.1, -0.05) is 36.2 Å². The van der Waals surface area contributed by atoms with Crippen LogP contribution in [0, 0.1) is 10.1 Å². The van der Waals surface area contributed by atoms with E-state index < -0.39 is 16.7 Å². The molecule has 2 aromatic carbocycles. The average Bonchev–Trinajstić information content (AvgIpc) is 2.92. The van der Waals surface area contributed by atoms with E-state index in [2.05, 4.69) is 15.9 Å². The van der Waals surface area contributed by atoms with E-state index in [1.54, 1.807) is 29.3 Å². The predicted octanol–water partition coefficient (Wildman–Crippen LogP) is 4.38. The smallest absolute Gasteiger partial charge is 0.338 e. The maximum absolute atomic E-state index is 12.7. The number of oxime groups is 1. The Morgan fingerprint density at radius 1 is 1.03 bits per heavy atom. The Bertz CT molecular complexity index is 938. The first-order valence-electron chi connectivity index (χ1n) is 10.0. The molecule has 0 unspecified atom stereocenters. The van der Waals surface area contributed by atoms with Crippen molar-refractivity contribution in [1.82, 2.24) is 10.4 Å². The lowest BCUT2D eigenvalue weighted by atomic mass is 10.0. The normalized spacial score (nSPS) is 17.6. The first kappa shape index (κ1) is 19.7. The molecule has 2 amide bonds. The number of para-hydroxylation sites is 1. The summed E-state index contributed by atoms with van der Waals surface area (Å²) < 4.78 is 0. The summed E-state index contributed by atoms with van der Waals surface area (Å²) in [4.78, 5) is 29.2. The Morgan fingerprint density at radius 2 is 1.70 bits per heavy atom. The number of hydrogen-bond donors (Lipinski definition) is 2. The highest BCUT2D eigenvalue weighted by Gasteiger charge is 2.47. The van der Waals surface area contributed by atoms with Crippen molar-refractivity contribution in [3.8, 4) is 0 Å². The molecule has 1 aliphatic carbocycles. The third-order valence-corrected chi connectivity index (χ3v) is 5.39. The van der Waals surface area contributed by atoms with E-state index >= 15 is 0 Å². The van der Waals surface area contributed by atoms with Gasteiger partial charge in [0, 0.05) is 36.2 Å². The van der Waals surface area contributed by atoms with Crippen LogP contribution in [0.3, 0.4) is 0 Å². The van der Waals surface area contributed by atoms with Crippen molar-refractivity contribution in [2.45, 2.75) is 44.2 Å². The molecule has 0 atom stereocenters. The van der Waals surface area contributed by atoms with E-state index in [0.29, 0.717) is 17.1 Å². The van der Waals surface area contributed by atoms with Gasteiger partial charge in [-0.25, -0.2) is 15.2 Å². The molecule has 0 aromatic heterocycles. The molecule has 2 aliphatic rings. The molecule has 0 bridgehead atoms. The van der Waals surface area contributed by atoms with Crippen molar-refractivity contribution in [2.75, 3.05) is 5.32 Å². The minimum atomic E-state index is -0.762. The number of nitrogens with zero attached hydrogens (tertiary/aromatic N) is 3. The van der Waals surface area contributed by atoms with Crippen LogP contribution in [-0.4, -0.2) is 27.5 Å². The molecule has 2 N–H and O–H groups in total. The van der Waals surface area contributed by atoms with Gasteiger partial charge in [-0.2, -0.15) is 0 Å². The standard InChI is InChI=1S/C21H23N5O4/c27-20(22-17-8-4-3-5-9-17)23-25-19(16-10-12-18(13-11-16)26(28)29)24-30-21(25)14-6-1-2-7-15-21/h3-5,8-13H,1-2,6-7,14-15H2,(H2,22,23,27). The van der Waals surface area contributed by atoms with Crippen LogP contribution in [0.1, 0.15) is 44.1 Å². The minimum Gasteiger partial charge on any atom is -0.363 e. The molecule has 1 saturated carbocycles. The number of anilines is 1. The summed E-state index contributed by atoms with van der Waals surface area (Å²) in [6.45, 7) is 0. The van der Waals surface area contributed by atoms with Crippen molar-refractivity contribution >= 4 is 23.2 Å². The second-order valence-corrected chi connectivity index (χ2v) is 7.44. The maximum Gasteiger partial charge on any atom is 0.338 e. The molecular formula is C21H23N5O4. The molecule has 1 spiro atoms. The van der Waals surface area contributed by atoms with Crippen LogP contribution in [0.4, 0.5) is 16.2 Å². The molecule has 156 valence electrons. The van der Waals surface area contributed by atoms with Gasteiger partial charge >= 0.3 is 6.03 Å². The molecule has 1 fully saturated rings. The third-order valence-electron chi connectivity index (χ3n) is 5.39. The number of amidine groups is 1. The SMILES string of the molecule is O=C(Nc1ccccc1)NN1C(c2ccc([N+](=O)[O-])cc2)=NOC12CCCCCC2. The van der Waals surface area contributed by atoms with Crippen molar-refractivity contribution in [2.24, 2.45) is 5.16 Å². The lowest BCUT2D eigenvalue weighted by molar-refractivity contribution is -0.384. The number of urea groups is 1. The molecule has 9 nitrogen and oxygen atoms in total. The van der Waals surface area contributed by atoms with Gasteiger partial charge in [0.05, 0.1) is 4.92 Å². The Balaban J connectivity index is 1.59. The van der Waals surface area contributed by atoms with Gasteiger partial charge < -0.3 is 10.2 Å². The van der Waals surface area contributed by atoms with E-state index in [4.69, 9.17) is 4.84 Å². The molecule has 4 rings (SSSR count). The average molecular weight is 409 g/mol. The fraction of sp³-hybridized carbons (Fsp3) is 0.333. The zero-order chi connectivity index (χ0) is 21.0. The summed E-state index contributed by atoms with van der Waals surface area (Å²) in [5.74, 6) is 0.426. The van der Waals surface area contributed by atoms with Crippen LogP contribution >= 0.6 is 0 Å². The zero-order valence-corrected chi connectivity index (χ0v) is 16.4. The molecule has 1 aliphatic heterocycles. The number of rotatable bonds is 4. The van der Waals surface area contributed by atoms with Crippen LogP contribution < -0.4 is 10.7 Å². The molecule has 0 radical (unpaired) electrons. The number of carbonyl (C=O) groups excluding carboxylic acids is 1. The topological polar surface area (TPSA) is 109 Å². The van der Waals surface area contributed by atoms with Gasteiger partial charge in [0.25, 0.3) is 5.69 Å². The van der Waals surface area contributed by atoms with E-state index in [1.807, 2.05) is 18.2 Å². The fourth-order valence-electron chi connectivity index (χ4n) is 3.85. The molecule has 30 heavy (non-hydrogen) atoms. The van der Waals surface area contributed by atoms with Crippen LogP contribution in [0.5, 0.6) is 0 Å². The van der Waals surface area contributed by atoms with Gasteiger partial charge in [0.1, 0.15) is 0 Å². The van der Waals surface area contributed by atoms with Crippen molar-refractivity contribution in [3.05, 3.63) is 70.3 Å². The number of carbonyl (C=O) groups is 1. The van der Waals surface area contributed by atoms with Gasteiger partial charge in [0.2, 0.25) is 5.72 Å². The first-order chi connectivity index (χ1) is 14.6. The largest absolute Gasteiger partial charge is 0.363 e. The number of benzene rings is 2. The van der Waals surface area contributed by atoms with Crippen molar-refractivity contribution < 1.29 is 14.6 Å².